The lowest BCUT2D eigenvalue weighted by Gasteiger charge is -2.10. The summed E-state index contributed by atoms with van der Waals surface area (Å²) in [7, 11) is -3.46. The molecule has 0 unspecified atom stereocenters. The van der Waals surface area contributed by atoms with Crippen LogP contribution in [0.4, 0.5) is 11.5 Å². The quantitative estimate of drug-likeness (QED) is 0.482. The molecule has 0 saturated carbocycles. The van der Waals surface area contributed by atoms with Crippen LogP contribution in [-0.2, 0) is 16.4 Å². The van der Waals surface area contributed by atoms with E-state index >= 15 is 0 Å². The van der Waals surface area contributed by atoms with Gasteiger partial charge in [-0.15, -0.1) is 0 Å². The van der Waals surface area contributed by atoms with Gasteiger partial charge in [0.25, 0.3) is 0 Å². The maximum atomic E-state index is 11.9. The molecule has 2 aromatic heterocycles. The van der Waals surface area contributed by atoms with Crippen LogP contribution in [0.1, 0.15) is 5.56 Å². The molecule has 150 valence electrons. The molecule has 0 radical (unpaired) electrons. The van der Waals surface area contributed by atoms with Crippen LogP contribution >= 0.6 is 0 Å². The molecule has 0 saturated heterocycles. The van der Waals surface area contributed by atoms with Gasteiger partial charge in [-0.2, -0.15) is 0 Å². The second kappa shape index (κ2) is 8.06. The van der Waals surface area contributed by atoms with Gasteiger partial charge in [0, 0.05) is 39.8 Å². The number of pyridine rings is 2. The van der Waals surface area contributed by atoms with Gasteiger partial charge < -0.3 is 10.4 Å². The van der Waals surface area contributed by atoms with Crippen molar-refractivity contribution in [3.63, 3.8) is 0 Å². The largest absolute Gasteiger partial charge is 0.392 e. The molecule has 2 aromatic carbocycles. The number of aromatic nitrogens is 2. The Balaban J connectivity index is 1.70. The minimum Gasteiger partial charge on any atom is -0.392 e. The predicted octanol–water partition coefficient (Wildman–Crippen LogP) is 4.45. The molecule has 4 aromatic rings. The van der Waals surface area contributed by atoms with Crippen LogP contribution in [0.2, 0.25) is 0 Å². The number of nitrogens with zero attached hydrogens (tertiary/aromatic N) is 2. The van der Waals surface area contributed by atoms with Gasteiger partial charge in [-0.25, -0.2) is 13.4 Å². The fourth-order valence-electron chi connectivity index (χ4n) is 3.15. The molecule has 0 aliphatic carbocycles. The molecule has 0 amide bonds. The van der Waals surface area contributed by atoms with E-state index in [1.165, 1.54) is 12.1 Å². The fraction of sp³-hybridized carbons (Fsp3) is 0.0435. The van der Waals surface area contributed by atoms with Crippen molar-refractivity contribution >= 4 is 32.1 Å². The third-order valence-electron chi connectivity index (χ3n) is 4.71. The third-order valence-corrected chi connectivity index (χ3v) is 6.07. The Kier molecular flexibility index (Phi) is 5.31. The number of nitrogens with one attached hydrogen (secondary N) is 1. The van der Waals surface area contributed by atoms with Crippen molar-refractivity contribution in [3.05, 3.63) is 90.6 Å². The van der Waals surface area contributed by atoms with Crippen molar-refractivity contribution in [3.8, 4) is 11.3 Å². The van der Waals surface area contributed by atoms with Crippen molar-refractivity contribution in [2.24, 2.45) is 0 Å². The second-order valence-corrected chi connectivity index (χ2v) is 8.56. The van der Waals surface area contributed by atoms with Crippen LogP contribution in [0.15, 0.2) is 89.9 Å². The highest BCUT2D eigenvalue weighted by Gasteiger charge is 2.10. The summed E-state index contributed by atoms with van der Waals surface area (Å²) < 4.78 is 23.7. The molecule has 0 aliphatic heterocycles. The SMILES string of the molecule is C=CS(=O)(=O)c1ccc(Nc2cc3c(-c4cccc(CO)c4)nccc3cn2)cc1. The number of hydrogen-bond acceptors (Lipinski definition) is 6. The fourth-order valence-corrected chi connectivity index (χ4v) is 3.86. The first-order valence-electron chi connectivity index (χ1n) is 9.20. The molecular weight excluding hydrogens is 398 g/mol. The van der Waals surface area contributed by atoms with Gasteiger partial charge in [0.15, 0.2) is 9.84 Å². The number of anilines is 2. The normalized spacial score (nSPS) is 11.4. The highest BCUT2D eigenvalue weighted by molar-refractivity contribution is 7.94. The summed E-state index contributed by atoms with van der Waals surface area (Å²) in [5.74, 6) is 0.606. The first-order chi connectivity index (χ1) is 14.5. The zero-order chi connectivity index (χ0) is 21.1. The average Bonchev–Trinajstić information content (AvgIpc) is 2.79. The average molecular weight is 417 g/mol. The van der Waals surface area contributed by atoms with Crippen molar-refractivity contribution in [1.29, 1.82) is 0 Å². The van der Waals surface area contributed by atoms with Gasteiger partial charge in [0.05, 0.1) is 17.2 Å². The van der Waals surface area contributed by atoms with E-state index in [0.29, 0.717) is 11.5 Å². The van der Waals surface area contributed by atoms with Crippen molar-refractivity contribution in [2.45, 2.75) is 11.5 Å². The van der Waals surface area contributed by atoms with E-state index in [9.17, 15) is 13.5 Å². The zero-order valence-electron chi connectivity index (χ0n) is 16.0. The summed E-state index contributed by atoms with van der Waals surface area (Å²) in [5, 5.41) is 15.4. The molecular formula is C23H19N3O3S. The number of aliphatic hydroxyl groups is 1. The van der Waals surface area contributed by atoms with Crippen LogP contribution < -0.4 is 5.32 Å². The Labute approximate surface area is 174 Å². The Morgan fingerprint density at radius 2 is 1.83 bits per heavy atom. The zero-order valence-corrected chi connectivity index (χ0v) is 16.8. The number of sulfone groups is 1. The molecule has 30 heavy (non-hydrogen) atoms. The summed E-state index contributed by atoms with van der Waals surface area (Å²) in [6.07, 6.45) is 3.49. The summed E-state index contributed by atoms with van der Waals surface area (Å²) in [6.45, 7) is 3.30. The van der Waals surface area contributed by atoms with E-state index in [2.05, 4.69) is 21.9 Å². The smallest absolute Gasteiger partial charge is 0.199 e. The Morgan fingerprint density at radius 1 is 1.03 bits per heavy atom. The van der Waals surface area contributed by atoms with Gasteiger partial charge >= 0.3 is 0 Å². The van der Waals surface area contributed by atoms with E-state index in [1.807, 2.05) is 36.4 Å². The van der Waals surface area contributed by atoms with Crippen LogP contribution in [0.5, 0.6) is 0 Å². The van der Waals surface area contributed by atoms with Crippen LogP contribution in [0.25, 0.3) is 22.0 Å². The van der Waals surface area contributed by atoms with Gasteiger partial charge in [-0.3, -0.25) is 4.98 Å². The minimum absolute atomic E-state index is 0.0372. The van der Waals surface area contributed by atoms with Gasteiger partial charge in [0.2, 0.25) is 0 Å². The van der Waals surface area contributed by atoms with Crippen LogP contribution in [0.3, 0.4) is 0 Å². The summed E-state index contributed by atoms with van der Waals surface area (Å²) in [4.78, 5) is 9.17. The van der Waals surface area contributed by atoms with Gasteiger partial charge in [0.1, 0.15) is 5.82 Å². The number of benzene rings is 2. The van der Waals surface area contributed by atoms with Crippen molar-refractivity contribution in [2.75, 3.05) is 5.32 Å². The summed E-state index contributed by atoms with van der Waals surface area (Å²) in [5.41, 5.74) is 3.22. The summed E-state index contributed by atoms with van der Waals surface area (Å²) in [6, 6.07) is 17.8. The molecule has 0 fully saturated rings. The molecule has 6 nitrogen and oxygen atoms in total. The van der Waals surface area contributed by atoms with Crippen molar-refractivity contribution < 1.29 is 13.5 Å². The lowest BCUT2D eigenvalue weighted by atomic mass is 10.0. The Hall–Kier alpha value is -3.55. The number of hydrogen-bond donors (Lipinski definition) is 2. The number of fused-ring (bicyclic) bond motifs is 1. The molecule has 2 heterocycles. The number of aliphatic hydroxyl groups excluding tert-OH is 1. The monoisotopic (exact) mass is 417 g/mol. The molecule has 0 bridgehead atoms. The van der Waals surface area contributed by atoms with Crippen LogP contribution in [-0.4, -0.2) is 23.5 Å². The minimum atomic E-state index is -3.46. The highest BCUT2D eigenvalue weighted by Crippen LogP contribution is 2.29. The lowest BCUT2D eigenvalue weighted by Crippen LogP contribution is -1.97. The van der Waals surface area contributed by atoms with E-state index in [1.54, 1.807) is 24.5 Å². The van der Waals surface area contributed by atoms with E-state index in [4.69, 9.17) is 0 Å². The molecule has 0 spiro atoms. The van der Waals surface area contributed by atoms with Gasteiger partial charge in [-0.1, -0.05) is 24.8 Å². The molecule has 4 rings (SSSR count). The highest BCUT2D eigenvalue weighted by atomic mass is 32.2. The lowest BCUT2D eigenvalue weighted by molar-refractivity contribution is 0.282. The topological polar surface area (TPSA) is 92.2 Å². The van der Waals surface area contributed by atoms with Gasteiger partial charge in [-0.05, 0) is 48.0 Å². The maximum Gasteiger partial charge on any atom is 0.199 e. The standard InChI is InChI=1S/C23H19N3O3S/c1-2-30(28,29)20-8-6-19(7-9-20)26-22-13-21-18(14-25-22)10-11-24-23(21)17-5-3-4-16(12-17)15-27/h2-14,27H,1,15H2,(H,25,26). The van der Waals surface area contributed by atoms with E-state index < -0.39 is 9.84 Å². The maximum absolute atomic E-state index is 11.9. The molecule has 0 atom stereocenters. The second-order valence-electron chi connectivity index (χ2n) is 6.67. The van der Waals surface area contributed by atoms with Crippen LogP contribution in [0, 0.1) is 0 Å². The Bertz CT molecular complexity index is 1330. The molecule has 0 aliphatic rings. The van der Waals surface area contributed by atoms with Crippen molar-refractivity contribution in [1.82, 2.24) is 9.97 Å². The summed E-state index contributed by atoms with van der Waals surface area (Å²) >= 11 is 0. The predicted molar refractivity (Wildman–Crippen MR) is 118 cm³/mol. The van der Waals surface area contributed by atoms with E-state index in [-0.39, 0.29) is 11.5 Å². The van der Waals surface area contributed by atoms with E-state index in [0.717, 1.165) is 33.0 Å². The molecule has 7 heteroatoms. The first kappa shape index (κ1) is 19.8. The molecule has 2 N–H and O–H groups in total. The first-order valence-corrected chi connectivity index (χ1v) is 10.7. The third kappa shape index (κ3) is 3.94. The Morgan fingerprint density at radius 3 is 2.57 bits per heavy atom. The number of rotatable bonds is 6.